The van der Waals surface area contributed by atoms with Gasteiger partial charge in [0.25, 0.3) is 0 Å². The maximum atomic E-state index is 8.96. The molecule has 15 heavy (non-hydrogen) atoms. The van der Waals surface area contributed by atoms with Gasteiger partial charge in [0.1, 0.15) is 0 Å². The molecular weight excluding hydrogens is 212 g/mol. The first-order valence-electron chi connectivity index (χ1n) is 5.09. The van der Waals surface area contributed by atoms with Gasteiger partial charge in [0.05, 0.1) is 6.61 Å². The van der Waals surface area contributed by atoms with Gasteiger partial charge in [-0.1, -0.05) is 11.3 Å². The number of rotatable bonds is 6. The lowest BCUT2D eigenvalue weighted by Gasteiger charge is -2.19. The standard InChI is InChI=1S/C9H16N4OS/c10-12-9-11-5-8(15-9)6-13(3-4-14)7-1-2-7/h5,7,14H,1-4,6,10H2,(H,11,12). The summed E-state index contributed by atoms with van der Waals surface area (Å²) in [6.07, 6.45) is 4.34. The predicted molar refractivity (Wildman–Crippen MR) is 60.4 cm³/mol. The van der Waals surface area contributed by atoms with Crippen molar-refractivity contribution in [2.45, 2.75) is 25.4 Å². The van der Waals surface area contributed by atoms with Gasteiger partial charge in [-0.3, -0.25) is 10.3 Å². The fourth-order valence-corrected chi connectivity index (χ4v) is 2.35. The van der Waals surface area contributed by atoms with Crippen molar-refractivity contribution in [3.63, 3.8) is 0 Å². The largest absolute Gasteiger partial charge is 0.395 e. The average Bonchev–Trinajstić information content (AvgIpc) is 2.99. The van der Waals surface area contributed by atoms with Crippen LogP contribution in [-0.2, 0) is 6.54 Å². The molecule has 1 aliphatic carbocycles. The normalized spacial score (nSPS) is 15.9. The van der Waals surface area contributed by atoms with Crippen molar-refractivity contribution in [2.75, 3.05) is 18.6 Å². The molecule has 0 radical (unpaired) electrons. The summed E-state index contributed by atoms with van der Waals surface area (Å²) in [5.74, 6) is 5.27. The van der Waals surface area contributed by atoms with Crippen molar-refractivity contribution in [1.29, 1.82) is 0 Å². The van der Waals surface area contributed by atoms with Crippen LogP contribution < -0.4 is 11.3 Å². The van der Waals surface area contributed by atoms with Crippen LogP contribution in [-0.4, -0.2) is 34.2 Å². The number of anilines is 1. The summed E-state index contributed by atoms with van der Waals surface area (Å²) in [7, 11) is 0. The third kappa shape index (κ3) is 2.88. The second-order valence-corrected chi connectivity index (χ2v) is 4.82. The smallest absolute Gasteiger partial charge is 0.197 e. The zero-order valence-corrected chi connectivity index (χ0v) is 9.33. The summed E-state index contributed by atoms with van der Waals surface area (Å²) < 4.78 is 0. The van der Waals surface area contributed by atoms with Crippen LogP contribution in [0.25, 0.3) is 0 Å². The number of aliphatic hydroxyl groups is 1. The van der Waals surface area contributed by atoms with Crippen LogP contribution in [0.15, 0.2) is 6.20 Å². The van der Waals surface area contributed by atoms with Crippen molar-refractivity contribution >= 4 is 16.5 Å². The fourth-order valence-electron chi connectivity index (χ4n) is 1.61. The van der Waals surface area contributed by atoms with Crippen LogP contribution in [0, 0.1) is 0 Å². The number of nitrogens with one attached hydrogen (secondary N) is 1. The van der Waals surface area contributed by atoms with Gasteiger partial charge in [-0.2, -0.15) is 0 Å². The lowest BCUT2D eigenvalue weighted by molar-refractivity contribution is 0.184. The van der Waals surface area contributed by atoms with Crippen LogP contribution in [0.4, 0.5) is 5.13 Å². The molecule has 1 saturated carbocycles. The Morgan fingerprint density at radius 3 is 3.00 bits per heavy atom. The molecule has 1 fully saturated rings. The molecule has 0 bridgehead atoms. The highest BCUT2D eigenvalue weighted by Crippen LogP contribution is 2.29. The van der Waals surface area contributed by atoms with Crippen LogP contribution >= 0.6 is 11.3 Å². The molecule has 84 valence electrons. The second-order valence-electron chi connectivity index (χ2n) is 3.70. The molecule has 4 N–H and O–H groups in total. The molecule has 1 heterocycles. The van der Waals surface area contributed by atoms with Gasteiger partial charge < -0.3 is 5.11 Å². The van der Waals surface area contributed by atoms with Crippen LogP contribution in [0.2, 0.25) is 0 Å². The number of aromatic nitrogens is 1. The van der Waals surface area contributed by atoms with E-state index in [4.69, 9.17) is 10.9 Å². The molecule has 2 rings (SSSR count). The number of nitrogen functional groups attached to an aromatic ring is 1. The van der Waals surface area contributed by atoms with Gasteiger partial charge in [0.2, 0.25) is 0 Å². The number of hydrogen-bond acceptors (Lipinski definition) is 6. The Kier molecular flexibility index (Phi) is 3.53. The zero-order chi connectivity index (χ0) is 10.7. The van der Waals surface area contributed by atoms with Gasteiger partial charge in [0, 0.05) is 30.2 Å². The second kappa shape index (κ2) is 4.89. The Morgan fingerprint density at radius 1 is 1.67 bits per heavy atom. The van der Waals surface area contributed by atoms with Crippen molar-refractivity contribution < 1.29 is 5.11 Å². The molecule has 0 spiro atoms. The molecule has 0 aliphatic heterocycles. The topological polar surface area (TPSA) is 74.4 Å². The minimum Gasteiger partial charge on any atom is -0.395 e. The van der Waals surface area contributed by atoms with Crippen LogP contribution in [0.5, 0.6) is 0 Å². The van der Waals surface area contributed by atoms with E-state index in [1.807, 2.05) is 6.20 Å². The van der Waals surface area contributed by atoms with Crippen LogP contribution in [0.3, 0.4) is 0 Å². The Hall–Kier alpha value is -0.690. The van der Waals surface area contributed by atoms with E-state index in [0.717, 1.165) is 18.2 Å². The molecule has 0 unspecified atom stereocenters. The van der Waals surface area contributed by atoms with E-state index < -0.39 is 0 Å². The highest BCUT2D eigenvalue weighted by molar-refractivity contribution is 7.15. The first-order valence-corrected chi connectivity index (χ1v) is 5.91. The van der Waals surface area contributed by atoms with Crippen molar-refractivity contribution in [1.82, 2.24) is 9.88 Å². The quantitative estimate of drug-likeness (QED) is 0.485. The zero-order valence-electron chi connectivity index (χ0n) is 8.52. The summed E-state index contributed by atoms with van der Waals surface area (Å²) in [4.78, 5) is 7.60. The van der Waals surface area contributed by atoms with Crippen molar-refractivity contribution in [2.24, 2.45) is 5.84 Å². The first-order chi connectivity index (χ1) is 7.33. The molecule has 5 nitrogen and oxygen atoms in total. The molecule has 6 heteroatoms. The minimum absolute atomic E-state index is 0.220. The van der Waals surface area contributed by atoms with E-state index in [2.05, 4.69) is 15.3 Å². The van der Waals surface area contributed by atoms with Crippen molar-refractivity contribution in [3.8, 4) is 0 Å². The molecule has 1 aromatic heterocycles. The third-order valence-corrected chi connectivity index (χ3v) is 3.40. The van der Waals surface area contributed by atoms with Crippen LogP contribution in [0.1, 0.15) is 17.7 Å². The summed E-state index contributed by atoms with van der Waals surface area (Å²) in [5.41, 5.74) is 2.54. The van der Waals surface area contributed by atoms with E-state index >= 15 is 0 Å². The molecule has 0 saturated heterocycles. The van der Waals surface area contributed by atoms with E-state index in [0.29, 0.717) is 6.04 Å². The van der Waals surface area contributed by atoms with E-state index in [1.54, 1.807) is 11.3 Å². The summed E-state index contributed by atoms with van der Waals surface area (Å²) in [5, 5.41) is 9.70. The molecule has 0 aromatic carbocycles. The van der Waals surface area contributed by atoms with E-state index in [9.17, 15) is 0 Å². The predicted octanol–water partition coefficient (Wildman–Crippen LogP) is 0.385. The lowest BCUT2D eigenvalue weighted by atomic mass is 10.4. The summed E-state index contributed by atoms with van der Waals surface area (Å²) in [6, 6.07) is 0.661. The number of thiazole rings is 1. The fraction of sp³-hybridized carbons (Fsp3) is 0.667. The van der Waals surface area contributed by atoms with Gasteiger partial charge in [-0.15, -0.1) is 0 Å². The Morgan fingerprint density at radius 2 is 2.47 bits per heavy atom. The lowest BCUT2D eigenvalue weighted by Crippen LogP contribution is -2.28. The maximum Gasteiger partial charge on any atom is 0.197 e. The highest BCUT2D eigenvalue weighted by atomic mass is 32.1. The van der Waals surface area contributed by atoms with E-state index in [1.165, 1.54) is 17.7 Å². The number of nitrogens with two attached hydrogens (primary N) is 1. The van der Waals surface area contributed by atoms with Gasteiger partial charge >= 0.3 is 0 Å². The average molecular weight is 228 g/mol. The minimum atomic E-state index is 0.220. The first kappa shape index (κ1) is 10.8. The Labute approximate surface area is 92.9 Å². The molecular formula is C9H16N4OS. The monoisotopic (exact) mass is 228 g/mol. The Balaban J connectivity index is 1.92. The molecule has 0 atom stereocenters. The van der Waals surface area contributed by atoms with Gasteiger partial charge in [0.15, 0.2) is 5.13 Å². The number of aliphatic hydroxyl groups excluding tert-OH is 1. The molecule has 0 amide bonds. The molecule has 1 aliphatic rings. The molecule has 1 aromatic rings. The maximum absolute atomic E-state index is 8.96. The number of hydrazine groups is 1. The van der Waals surface area contributed by atoms with Gasteiger partial charge in [-0.05, 0) is 12.8 Å². The highest BCUT2D eigenvalue weighted by Gasteiger charge is 2.28. The Bertz CT molecular complexity index is 313. The van der Waals surface area contributed by atoms with E-state index in [-0.39, 0.29) is 6.61 Å². The summed E-state index contributed by atoms with van der Waals surface area (Å²) >= 11 is 1.56. The third-order valence-electron chi connectivity index (χ3n) is 2.49. The summed E-state index contributed by atoms with van der Waals surface area (Å²) in [6.45, 7) is 1.83. The SMILES string of the molecule is NNc1ncc(CN(CCO)C2CC2)s1. The van der Waals surface area contributed by atoms with Gasteiger partial charge in [-0.25, -0.2) is 10.8 Å². The van der Waals surface area contributed by atoms with Crippen molar-refractivity contribution in [3.05, 3.63) is 11.1 Å². The number of hydrogen-bond donors (Lipinski definition) is 3. The number of nitrogens with zero attached hydrogens (tertiary/aromatic N) is 2.